The van der Waals surface area contributed by atoms with Gasteiger partial charge in [-0.2, -0.15) is 9.61 Å². The van der Waals surface area contributed by atoms with Crippen molar-refractivity contribution in [1.29, 1.82) is 0 Å². The predicted octanol–water partition coefficient (Wildman–Crippen LogP) is 2.83. The highest BCUT2D eigenvalue weighted by molar-refractivity contribution is 7.19. The third-order valence-electron chi connectivity index (χ3n) is 4.73. The van der Waals surface area contributed by atoms with Crippen molar-refractivity contribution in [2.75, 3.05) is 32.5 Å². The van der Waals surface area contributed by atoms with E-state index < -0.39 is 0 Å². The van der Waals surface area contributed by atoms with Gasteiger partial charge in [0.2, 0.25) is 5.95 Å². The van der Waals surface area contributed by atoms with Gasteiger partial charge in [0.15, 0.2) is 5.65 Å². The molecule has 1 atom stereocenters. The summed E-state index contributed by atoms with van der Waals surface area (Å²) in [5.41, 5.74) is 2.40. The van der Waals surface area contributed by atoms with Crippen LogP contribution in [0.25, 0.3) is 15.9 Å². The Hall–Kier alpha value is -1.73. The molecule has 0 spiro atoms. The second-order valence-electron chi connectivity index (χ2n) is 7.05. The second-order valence-corrected chi connectivity index (χ2v) is 8.13. The van der Waals surface area contributed by atoms with Crippen molar-refractivity contribution in [3.63, 3.8) is 0 Å². The van der Waals surface area contributed by atoms with Gasteiger partial charge in [-0.25, -0.2) is 9.97 Å². The average Bonchev–Trinajstić information content (AvgIpc) is 3.14. The van der Waals surface area contributed by atoms with Crippen molar-refractivity contribution in [3.05, 3.63) is 16.8 Å². The molecular weight excluding hydrogens is 320 g/mol. The number of aryl methyl sites for hydroxylation is 1. The Morgan fingerprint density at radius 2 is 2.29 bits per heavy atom. The van der Waals surface area contributed by atoms with Gasteiger partial charge in [-0.15, -0.1) is 11.3 Å². The number of nitrogens with zero attached hydrogens (tertiary/aromatic N) is 5. The van der Waals surface area contributed by atoms with Gasteiger partial charge < -0.3 is 10.2 Å². The van der Waals surface area contributed by atoms with Crippen molar-refractivity contribution in [2.24, 2.45) is 5.92 Å². The maximum absolute atomic E-state index is 4.88. The number of rotatable bonds is 5. The molecule has 128 valence electrons. The molecule has 3 heterocycles. The maximum atomic E-state index is 4.88. The van der Waals surface area contributed by atoms with E-state index in [0.717, 1.165) is 48.3 Å². The topological polar surface area (TPSA) is 58.4 Å². The highest BCUT2D eigenvalue weighted by Crippen LogP contribution is 2.39. The first-order valence-electron chi connectivity index (χ1n) is 8.66. The van der Waals surface area contributed by atoms with E-state index in [1.54, 1.807) is 6.33 Å². The Labute approximate surface area is 145 Å². The number of hydrogen-bond acceptors (Lipinski definition) is 6. The molecule has 0 saturated heterocycles. The summed E-state index contributed by atoms with van der Waals surface area (Å²) in [6.07, 6.45) is 6.29. The lowest BCUT2D eigenvalue weighted by atomic mass is 9.89. The van der Waals surface area contributed by atoms with E-state index in [0.29, 0.717) is 0 Å². The number of nitrogens with one attached hydrogen (secondary N) is 1. The standard InChI is InChI=1S/C17H24N6S/c1-11-5-6-13-12(9-11)14-15-19-10-20-23(15)17(21-16(14)24-13)18-7-4-8-22(2)3/h10-11H,4-9H2,1-3H3,(H,18,21)/t11-/m0/s1. The molecule has 0 bridgehead atoms. The first-order valence-corrected chi connectivity index (χ1v) is 9.47. The van der Waals surface area contributed by atoms with Crippen LogP contribution < -0.4 is 5.32 Å². The van der Waals surface area contributed by atoms with Gasteiger partial charge >= 0.3 is 0 Å². The van der Waals surface area contributed by atoms with E-state index in [-0.39, 0.29) is 0 Å². The van der Waals surface area contributed by atoms with E-state index in [9.17, 15) is 0 Å². The van der Waals surface area contributed by atoms with Crippen LogP contribution in [0.15, 0.2) is 6.33 Å². The van der Waals surface area contributed by atoms with E-state index in [2.05, 4.69) is 41.3 Å². The van der Waals surface area contributed by atoms with Gasteiger partial charge in [-0.1, -0.05) is 6.92 Å². The Morgan fingerprint density at radius 3 is 3.12 bits per heavy atom. The monoisotopic (exact) mass is 344 g/mol. The fraction of sp³-hybridized carbons (Fsp3) is 0.588. The highest BCUT2D eigenvalue weighted by Gasteiger charge is 2.24. The van der Waals surface area contributed by atoms with Crippen molar-refractivity contribution in [1.82, 2.24) is 24.5 Å². The Bertz CT molecular complexity index is 865. The van der Waals surface area contributed by atoms with Crippen LogP contribution in [-0.2, 0) is 12.8 Å². The van der Waals surface area contributed by atoms with E-state index in [4.69, 9.17) is 4.98 Å². The molecule has 0 aromatic carbocycles. The zero-order valence-electron chi connectivity index (χ0n) is 14.5. The number of hydrogen-bond donors (Lipinski definition) is 1. The number of aromatic nitrogens is 4. The summed E-state index contributed by atoms with van der Waals surface area (Å²) in [4.78, 5) is 14.2. The summed E-state index contributed by atoms with van der Waals surface area (Å²) in [5, 5.41) is 9.06. The molecule has 1 N–H and O–H groups in total. The maximum Gasteiger partial charge on any atom is 0.227 e. The molecular formula is C17H24N6S. The lowest BCUT2D eigenvalue weighted by Gasteiger charge is -2.18. The molecule has 0 saturated carbocycles. The second kappa shape index (κ2) is 6.29. The van der Waals surface area contributed by atoms with Gasteiger partial charge in [0.05, 0.1) is 5.39 Å². The molecule has 0 radical (unpaired) electrons. The predicted molar refractivity (Wildman–Crippen MR) is 99.0 cm³/mol. The summed E-state index contributed by atoms with van der Waals surface area (Å²) in [5.74, 6) is 1.54. The van der Waals surface area contributed by atoms with Crippen LogP contribution in [0.4, 0.5) is 5.95 Å². The van der Waals surface area contributed by atoms with Crippen LogP contribution >= 0.6 is 11.3 Å². The molecule has 1 aliphatic carbocycles. The first kappa shape index (κ1) is 15.8. The van der Waals surface area contributed by atoms with Gasteiger partial charge in [-0.3, -0.25) is 0 Å². The zero-order valence-corrected chi connectivity index (χ0v) is 15.4. The molecule has 0 fully saturated rings. The summed E-state index contributed by atoms with van der Waals surface area (Å²) in [7, 11) is 4.19. The fourth-order valence-electron chi connectivity index (χ4n) is 3.47. The number of thiophene rings is 1. The summed E-state index contributed by atoms with van der Waals surface area (Å²) < 4.78 is 1.87. The highest BCUT2D eigenvalue weighted by atomic mass is 32.1. The van der Waals surface area contributed by atoms with Gasteiger partial charge in [0.25, 0.3) is 0 Å². The molecule has 24 heavy (non-hydrogen) atoms. The lowest BCUT2D eigenvalue weighted by molar-refractivity contribution is 0.405. The molecule has 7 heteroatoms. The van der Waals surface area contributed by atoms with Crippen LogP contribution in [0.5, 0.6) is 0 Å². The van der Waals surface area contributed by atoms with Crippen LogP contribution in [-0.4, -0.2) is 51.7 Å². The minimum atomic E-state index is 0.738. The molecule has 6 nitrogen and oxygen atoms in total. The largest absolute Gasteiger partial charge is 0.354 e. The Balaban J connectivity index is 1.72. The molecule has 1 aliphatic rings. The molecule has 0 aliphatic heterocycles. The van der Waals surface area contributed by atoms with Crippen molar-refractivity contribution < 1.29 is 0 Å². The first-order chi connectivity index (χ1) is 11.6. The van der Waals surface area contributed by atoms with Crippen LogP contribution in [0, 0.1) is 5.92 Å². The van der Waals surface area contributed by atoms with Crippen molar-refractivity contribution in [2.45, 2.75) is 32.6 Å². The quantitative estimate of drug-likeness (QED) is 0.721. The van der Waals surface area contributed by atoms with Gasteiger partial charge in [0, 0.05) is 11.4 Å². The third kappa shape index (κ3) is 2.75. The van der Waals surface area contributed by atoms with Crippen LogP contribution in [0.2, 0.25) is 0 Å². The van der Waals surface area contributed by atoms with Crippen LogP contribution in [0.1, 0.15) is 30.2 Å². The van der Waals surface area contributed by atoms with E-state index in [1.165, 1.54) is 28.7 Å². The SMILES string of the molecule is C[C@H]1CCc2sc3nc(NCCCN(C)C)n4ncnc4c3c2C1. The van der Waals surface area contributed by atoms with Crippen LogP contribution in [0.3, 0.4) is 0 Å². The average molecular weight is 344 g/mol. The summed E-state index contributed by atoms with van der Waals surface area (Å²) >= 11 is 1.84. The summed E-state index contributed by atoms with van der Waals surface area (Å²) in [6, 6.07) is 0. The fourth-order valence-corrected chi connectivity index (χ4v) is 4.68. The third-order valence-corrected chi connectivity index (χ3v) is 5.92. The van der Waals surface area contributed by atoms with E-state index >= 15 is 0 Å². The smallest absolute Gasteiger partial charge is 0.227 e. The van der Waals surface area contributed by atoms with Gasteiger partial charge in [-0.05, 0) is 57.8 Å². The molecule has 3 aromatic rings. The molecule has 4 rings (SSSR count). The molecule has 0 amide bonds. The molecule has 0 unspecified atom stereocenters. The Morgan fingerprint density at radius 1 is 1.42 bits per heavy atom. The van der Waals surface area contributed by atoms with Gasteiger partial charge in [0.1, 0.15) is 11.2 Å². The number of fused-ring (bicyclic) bond motifs is 5. The van der Waals surface area contributed by atoms with Crippen molar-refractivity contribution >= 4 is 33.1 Å². The lowest BCUT2D eigenvalue weighted by Crippen LogP contribution is -2.17. The minimum Gasteiger partial charge on any atom is -0.354 e. The van der Waals surface area contributed by atoms with E-state index in [1.807, 2.05) is 15.9 Å². The minimum absolute atomic E-state index is 0.738. The normalized spacial score (nSPS) is 17.8. The molecule has 3 aromatic heterocycles. The number of anilines is 1. The summed E-state index contributed by atoms with van der Waals surface area (Å²) in [6.45, 7) is 4.27. The van der Waals surface area contributed by atoms with Crippen molar-refractivity contribution in [3.8, 4) is 0 Å². The Kier molecular flexibility index (Phi) is 4.14. The zero-order chi connectivity index (χ0) is 16.7.